The second-order valence-electron chi connectivity index (χ2n) is 8.06. The van der Waals surface area contributed by atoms with Gasteiger partial charge in [0, 0.05) is 9.13 Å². The van der Waals surface area contributed by atoms with Crippen LogP contribution >= 0.6 is 38.5 Å². The second-order valence-corrected chi connectivity index (χ2v) is 10.2. The molecular formula is C27H23BrINO4. The molecule has 0 saturated carbocycles. The van der Waals surface area contributed by atoms with Gasteiger partial charge in [-0.05, 0) is 104 Å². The van der Waals surface area contributed by atoms with Crippen LogP contribution in [-0.2, 0) is 16.1 Å². The monoisotopic (exact) mass is 631 g/mol. The average Bonchev–Trinajstić information content (AvgIpc) is 3.19. The topological polar surface area (TPSA) is 57.1 Å². The van der Waals surface area contributed by atoms with Gasteiger partial charge in [0.05, 0.1) is 11.6 Å². The first kappa shape index (κ1) is 24.5. The van der Waals surface area contributed by atoms with Crippen LogP contribution in [0, 0.1) is 3.57 Å². The van der Waals surface area contributed by atoms with Crippen LogP contribution in [0.5, 0.6) is 11.5 Å². The molecule has 1 heterocycles. The SMILES string of the molecule is COc1cc(/C=C2\N=C(c3ccc(C(C)C)cc3)OC2=O)cc(Br)c1OCc1ccc(I)cc1. The van der Waals surface area contributed by atoms with Gasteiger partial charge in [0.25, 0.3) is 0 Å². The largest absolute Gasteiger partial charge is 0.493 e. The normalized spacial score (nSPS) is 14.4. The molecule has 34 heavy (non-hydrogen) atoms. The number of benzene rings is 3. The number of cyclic esters (lactones) is 1. The number of carbonyl (C=O) groups excluding carboxylic acids is 1. The maximum Gasteiger partial charge on any atom is 0.363 e. The van der Waals surface area contributed by atoms with Gasteiger partial charge in [-0.15, -0.1) is 0 Å². The summed E-state index contributed by atoms with van der Waals surface area (Å²) in [5.74, 6) is 1.37. The van der Waals surface area contributed by atoms with Crippen LogP contribution in [0.4, 0.5) is 0 Å². The van der Waals surface area contributed by atoms with Crippen molar-refractivity contribution in [2.24, 2.45) is 4.99 Å². The molecule has 0 N–H and O–H groups in total. The smallest absolute Gasteiger partial charge is 0.363 e. The lowest BCUT2D eigenvalue weighted by Crippen LogP contribution is -2.05. The summed E-state index contributed by atoms with van der Waals surface area (Å²) >= 11 is 5.84. The first-order valence-electron chi connectivity index (χ1n) is 10.7. The highest BCUT2D eigenvalue weighted by molar-refractivity contribution is 14.1. The standard InChI is InChI=1S/C27H23BrINO4/c1-16(2)19-6-8-20(9-7-19)26-30-23(27(31)34-26)13-18-12-22(28)25(24(14-18)32-3)33-15-17-4-10-21(29)11-5-17/h4-14,16H,15H2,1-3H3/b23-13-. The van der Waals surface area contributed by atoms with Crippen LogP contribution in [0.3, 0.4) is 0 Å². The van der Waals surface area contributed by atoms with Crippen molar-refractivity contribution in [2.75, 3.05) is 7.11 Å². The Kier molecular flexibility index (Phi) is 7.73. The Morgan fingerprint density at radius 1 is 1.09 bits per heavy atom. The molecule has 0 bridgehead atoms. The van der Waals surface area contributed by atoms with E-state index in [4.69, 9.17) is 14.2 Å². The first-order valence-corrected chi connectivity index (χ1v) is 12.6. The minimum Gasteiger partial charge on any atom is -0.493 e. The molecule has 0 amide bonds. The third-order valence-corrected chi connectivity index (χ3v) is 6.60. The summed E-state index contributed by atoms with van der Waals surface area (Å²) in [5, 5.41) is 0. The Morgan fingerprint density at radius 2 is 1.79 bits per heavy atom. The number of methoxy groups -OCH3 is 1. The summed E-state index contributed by atoms with van der Waals surface area (Å²) in [5.41, 5.74) is 3.99. The van der Waals surface area contributed by atoms with Gasteiger partial charge in [0.15, 0.2) is 17.2 Å². The molecule has 0 unspecified atom stereocenters. The highest BCUT2D eigenvalue weighted by Crippen LogP contribution is 2.38. The molecule has 1 aliphatic heterocycles. The van der Waals surface area contributed by atoms with Crippen molar-refractivity contribution in [2.45, 2.75) is 26.4 Å². The van der Waals surface area contributed by atoms with Gasteiger partial charge in [-0.1, -0.05) is 38.1 Å². The van der Waals surface area contributed by atoms with Crippen molar-refractivity contribution in [3.8, 4) is 11.5 Å². The maximum atomic E-state index is 12.5. The molecule has 3 aromatic rings. The summed E-state index contributed by atoms with van der Waals surface area (Å²) < 4.78 is 18.9. The molecule has 5 nitrogen and oxygen atoms in total. The molecule has 0 radical (unpaired) electrons. The van der Waals surface area contributed by atoms with E-state index in [1.54, 1.807) is 19.3 Å². The van der Waals surface area contributed by atoms with Crippen LogP contribution in [0.1, 0.15) is 42.0 Å². The Morgan fingerprint density at radius 3 is 2.44 bits per heavy atom. The van der Waals surface area contributed by atoms with Gasteiger partial charge in [-0.3, -0.25) is 0 Å². The van der Waals surface area contributed by atoms with Crippen molar-refractivity contribution < 1.29 is 19.0 Å². The molecule has 0 saturated heterocycles. The third-order valence-electron chi connectivity index (χ3n) is 5.30. The van der Waals surface area contributed by atoms with Gasteiger partial charge < -0.3 is 14.2 Å². The van der Waals surface area contributed by atoms with Crippen molar-refractivity contribution >= 4 is 56.5 Å². The lowest BCUT2D eigenvalue weighted by atomic mass is 10.0. The number of aliphatic imine (C=N–C) groups is 1. The van der Waals surface area contributed by atoms with E-state index < -0.39 is 5.97 Å². The summed E-state index contributed by atoms with van der Waals surface area (Å²) in [6.07, 6.45) is 1.67. The molecule has 1 aliphatic rings. The van der Waals surface area contributed by atoms with E-state index in [0.29, 0.717) is 34.4 Å². The highest BCUT2D eigenvalue weighted by atomic mass is 127. The minimum absolute atomic E-state index is 0.226. The number of ether oxygens (including phenoxy) is 3. The predicted octanol–water partition coefficient (Wildman–Crippen LogP) is 7.11. The van der Waals surface area contributed by atoms with Crippen LogP contribution in [0.15, 0.2) is 75.8 Å². The Balaban J connectivity index is 1.56. The van der Waals surface area contributed by atoms with Crippen LogP contribution in [-0.4, -0.2) is 19.0 Å². The van der Waals surface area contributed by atoms with Gasteiger partial charge in [0.2, 0.25) is 5.90 Å². The lowest BCUT2D eigenvalue weighted by molar-refractivity contribution is -0.129. The van der Waals surface area contributed by atoms with Gasteiger partial charge in [-0.2, -0.15) is 0 Å². The fourth-order valence-corrected chi connectivity index (χ4v) is 4.33. The van der Waals surface area contributed by atoms with E-state index in [9.17, 15) is 4.79 Å². The van der Waals surface area contributed by atoms with E-state index in [0.717, 1.165) is 16.7 Å². The highest BCUT2D eigenvalue weighted by Gasteiger charge is 2.24. The molecular weight excluding hydrogens is 609 g/mol. The predicted molar refractivity (Wildman–Crippen MR) is 145 cm³/mol. The molecule has 0 aromatic heterocycles. The Labute approximate surface area is 221 Å². The molecule has 0 fully saturated rings. The maximum absolute atomic E-state index is 12.5. The van der Waals surface area contributed by atoms with Gasteiger partial charge in [0.1, 0.15) is 6.61 Å². The number of carbonyl (C=O) groups is 1. The molecule has 0 spiro atoms. The van der Waals surface area contributed by atoms with Crippen molar-refractivity contribution in [1.82, 2.24) is 0 Å². The zero-order valence-electron chi connectivity index (χ0n) is 19.0. The molecule has 7 heteroatoms. The van der Waals surface area contributed by atoms with Crippen LogP contribution < -0.4 is 9.47 Å². The fraction of sp³-hybridized carbons (Fsp3) is 0.185. The summed E-state index contributed by atoms with van der Waals surface area (Å²) in [7, 11) is 1.58. The number of halogens is 2. The van der Waals surface area contributed by atoms with Gasteiger partial charge in [-0.25, -0.2) is 9.79 Å². The van der Waals surface area contributed by atoms with Crippen LogP contribution in [0.2, 0.25) is 0 Å². The molecule has 0 aliphatic carbocycles. The molecule has 174 valence electrons. The Hall–Kier alpha value is -2.65. The van der Waals surface area contributed by atoms with E-state index >= 15 is 0 Å². The van der Waals surface area contributed by atoms with E-state index in [1.165, 1.54) is 9.13 Å². The molecule has 0 atom stereocenters. The summed E-state index contributed by atoms with van der Waals surface area (Å²) in [4.78, 5) is 16.9. The van der Waals surface area contributed by atoms with Gasteiger partial charge >= 0.3 is 5.97 Å². The zero-order chi connectivity index (χ0) is 24.2. The number of hydrogen-bond donors (Lipinski definition) is 0. The van der Waals surface area contributed by atoms with E-state index in [1.807, 2.05) is 54.6 Å². The third kappa shape index (κ3) is 5.70. The lowest BCUT2D eigenvalue weighted by Gasteiger charge is -2.14. The minimum atomic E-state index is -0.489. The fourth-order valence-electron chi connectivity index (χ4n) is 3.40. The summed E-state index contributed by atoms with van der Waals surface area (Å²) in [6, 6.07) is 19.7. The van der Waals surface area contributed by atoms with Crippen molar-refractivity contribution in [3.05, 3.63) is 96.7 Å². The average molecular weight is 632 g/mol. The number of rotatable bonds is 7. The molecule has 4 rings (SSSR count). The summed E-state index contributed by atoms with van der Waals surface area (Å²) in [6.45, 7) is 4.67. The Bertz CT molecular complexity index is 1270. The second kappa shape index (κ2) is 10.7. The molecule has 3 aromatic carbocycles. The van der Waals surface area contributed by atoms with Crippen LogP contribution in [0.25, 0.3) is 6.08 Å². The first-order chi connectivity index (χ1) is 16.3. The zero-order valence-corrected chi connectivity index (χ0v) is 22.7. The van der Waals surface area contributed by atoms with Crippen molar-refractivity contribution in [1.29, 1.82) is 0 Å². The number of esters is 1. The number of hydrogen-bond acceptors (Lipinski definition) is 5. The number of nitrogens with zero attached hydrogens (tertiary/aromatic N) is 1. The quantitative estimate of drug-likeness (QED) is 0.158. The van der Waals surface area contributed by atoms with E-state index in [2.05, 4.69) is 57.4 Å². The van der Waals surface area contributed by atoms with E-state index in [-0.39, 0.29) is 5.70 Å². The van der Waals surface area contributed by atoms with Crippen molar-refractivity contribution in [3.63, 3.8) is 0 Å².